The van der Waals surface area contributed by atoms with E-state index in [9.17, 15) is 4.79 Å². The summed E-state index contributed by atoms with van der Waals surface area (Å²) in [6, 6.07) is 6.00. The van der Waals surface area contributed by atoms with E-state index in [-0.39, 0.29) is 5.91 Å². The number of nitrogens with zero attached hydrogens (tertiary/aromatic N) is 1. The maximum Gasteiger partial charge on any atom is 0.251 e. The maximum atomic E-state index is 12.2. The van der Waals surface area contributed by atoms with Crippen molar-refractivity contribution in [3.63, 3.8) is 0 Å². The van der Waals surface area contributed by atoms with E-state index in [0.29, 0.717) is 5.92 Å². The molecule has 20 heavy (non-hydrogen) atoms. The summed E-state index contributed by atoms with van der Waals surface area (Å²) < 4.78 is 0. The Hall–Kier alpha value is -1.55. The second-order valence-corrected chi connectivity index (χ2v) is 6.03. The molecular formula is C16H23N3O. The van der Waals surface area contributed by atoms with E-state index in [1.54, 1.807) is 0 Å². The van der Waals surface area contributed by atoms with Crippen LogP contribution in [0.2, 0.25) is 0 Å². The molecule has 2 aliphatic rings. The summed E-state index contributed by atoms with van der Waals surface area (Å²) in [6.07, 6.45) is 3.40. The highest BCUT2D eigenvalue weighted by atomic mass is 16.1. The van der Waals surface area contributed by atoms with E-state index in [4.69, 9.17) is 0 Å². The van der Waals surface area contributed by atoms with Crippen LogP contribution >= 0.6 is 0 Å². The Morgan fingerprint density at radius 1 is 1.50 bits per heavy atom. The second-order valence-electron chi connectivity index (χ2n) is 6.03. The average molecular weight is 273 g/mol. The minimum Gasteiger partial charge on any atom is -0.385 e. The molecule has 0 radical (unpaired) electrons. The average Bonchev–Trinajstić information content (AvgIpc) is 2.90. The van der Waals surface area contributed by atoms with Gasteiger partial charge in [0.2, 0.25) is 0 Å². The Morgan fingerprint density at radius 2 is 2.40 bits per heavy atom. The minimum absolute atomic E-state index is 0.0629. The van der Waals surface area contributed by atoms with Crippen LogP contribution in [0.3, 0.4) is 0 Å². The quantitative estimate of drug-likeness (QED) is 0.881. The lowest BCUT2D eigenvalue weighted by Gasteiger charge is -2.18. The number of hydrogen-bond acceptors (Lipinski definition) is 3. The third-order valence-electron chi connectivity index (χ3n) is 4.35. The van der Waals surface area contributed by atoms with Crippen LogP contribution in [0.25, 0.3) is 0 Å². The fourth-order valence-electron chi connectivity index (χ4n) is 3.15. The van der Waals surface area contributed by atoms with Crippen LogP contribution in [0, 0.1) is 5.92 Å². The molecule has 1 amide bonds. The third kappa shape index (κ3) is 2.96. The lowest BCUT2D eigenvalue weighted by Crippen LogP contribution is -2.30. The van der Waals surface area contributed by atoms with E-state index in [2.05, 4.69) is 22.6 Å². The van der Waals surface area contributed by atoms with Crippen LogP contribution < -0.4 is 10.6 Å². The number of carbonyl (C=O) groups excluding carboxylic acids is 1. The van der Waals surface area contributed by atoms with Gasteiger partial charge in [-0.3, -0.25) is 4.79 Å². The Balaban J connectivity index is 1.59. The van der Waals surface area contributed by atoms with E-state index in [1.165, 1.54) is 17.7 Å². The van der Waals surface area contributed by atoms with Crippen molar-refractivity contribution in [3.05, 3.63) is 29.3 Å². The van der Waals surface area contributed by atoms with Gasteiger partial charge in [-0.15, -0.1) is 0 Å². The zero-order chi connectivity index (χ0) is 13.9. The number of hydrogen-bond donors (Lipinski definition) is 2. The molecule has 2 N–H and O–H groups in total. The van der Waals surface area contributed by atoms with Gasteiger partial charge in [-0.2, -0.15) is 0 Å². The lowest BCUT2D eigenvalue weighted by atomic mass is 10.0. The molecule has 4 heteroatoms. The zero-order valence-electron chi connectivity index (χ0n) is 12.1. The monoisotopic (exact) mass is 273 g/mol. The molecule has 3 rings (SSSR count). The molecule has 1 aromatic carbocycles. The summed E-state index contributed by atoms with van der Waals surface area (Å²) in [6.45, 7) is 4.06. The first-order chi connectivity index (χ1) is 9.72. The van der Waals surface area contributed by atoms with Crippen LogP contribution in [-0.4, -0.2) is 44.0 Å². The Bertz CT molecular complexity index is 500. The van der Waals surface area contributed by atoms with Gasteiger partial charge in [0.15, 0.2) is 0 Å². The number of carbonyl (C=O) groups is 1. The highest BCUT2D eigenvalue weighted by Crippen LogP contribution is 2.23. The van der Waals surface area contributed by atoms with Crippen molar-refractivity contribution in [3.8, 4) is 0 Å². The molecule has 0 aliphatic carbocycles. The molecule has 2 aliphatic heterocycles. The number of amides is 1. The molecule has 0 bridgehead atoms. The van der Waals surface area contributed by atoms with E-state index >= 15 is 0 Å². The van der Waals surface area contributed by atoms with Crippen LogP contribution in [-0.2, 0) is 6.42 Å². The van der Waals surface area contributed by atoms with Gasteiger partial charge in [0.25, 0.3) is 5.91 Å². The highest BCUT2D eigenvalue weighted by Gasteiger charge is 2.20. The molecule has 2 heterocycles. The van der Waals surface area contributed by atoms with Gasteiger partial charge in [-0.25, -0.2) is 0 Å². The van der Waals surface area contributed by atoms with Crippen LogP contribution in [0.15, 0.2) is 18.2 Å². The van der Waals surface area contributed by atoms with Crippen LogP contribution in [0.1, 0.15) is 28.8 Å². The van der Waals surface area contributed by atoms with Gasteiger partial charge in [0.05, 0.1) is 0 Å². The van der Waals surface area contributed by atoms with E-state index in [1.807, 2.05) is 18.2 Å². The van der Waals surface area contributed by atoms with Crippen molar-refractivity contribution < 1.29 is 4.79 Å². The second kappa shape index (κ2) is 5.83. The Kier molecular flexibility index (Phi) is 3.92. The summed E-state index contributed by atoms with van der Waals surface area (Å²) in [5.41, 5.74) is 3.24. The highest BCUT2D eigenvalue weighted by molar-refractivity contribution is 5.95. The van der Waals surface area contributed by atoms with Gasteiger partial charge >= 0.3 is 0 Å². The van der Waals surface area contributed by atoms with Crippen molar-refractivity contribution in [2.45, 2.75) is 19.3 Å². The normalized spacial score (nSPS) is 22.1. The first-order valence-electron chi connectivity index (χ1n) is 7.56. The maximum absolute atomic E-state index is 12.2. The van der Waals surface area contributed by atoms with Crippen molar-refractivity contribution in [2.75, 3.05) is 38.5 Å². The van der Waals surface area contributed by atoms with Gasteiger partial charge in [-0.1, -0.05) is 0 Å². The first kappa shape index (κ1) is 13.4. The SMILES string of the molecule is CN1CCC(CNC(=O)c2ccc3c(c2)CCCN3)C1. The van der Waals surface area contributed by atoms with Gasteiger partial charge in [0, 0.05) is 30.9 Å². The number of aryl methyl sites for hydroxylation is 1. The molecule has 1 aromatic rings. The molecule has 1 fully saturated rings. The number of nitrogens with one attached hydrogen (secondary N) is 2. The molecule has 4 nitrogen and oxygen atoms in total. The Labute approximate surface area is 120 Å². The predicted molar refractivity (Wildman–Crippen MR) is 81.2 cm³/mol. The summed E-state index contributed by atoms with van der Waals surface area (Å²) in [5.74, 6) is 0.663. The fraction of sp³-hybridized carbons (Fsp3) is 0.562. The van der Waals surface area contributed by atoms with Gasteiger partial charge < -0.3 is 15.5 Å². The molecule has 1 saturated heterocycles. The summed E-state index contributed by atoms with van der Waals surface area (Å²) >= 11 is 0. The molecular weight excluding hydrogens is 250 g/mol. The smallest absolute Gasteiger partial charge is 0.251 e. The fourth-order valence-corrected chi connectivity index (χ4v) is 3.15. The molecule has 0 aromatic heterocycles. The Morgan fingerprint density at radius 3 is 3.20 bits per heavy atom. The predicted octanol–water partition coefficient (Wildman–Crippen LogP) is 1.73. The van der Waals surface area contributed by atoms with Crippen molar-refractivity contribution in [1.82, 2.24) is 10.2 Å². The number of likely N-dealkylation sites (tertiary alicyclic amines) is 1. The van der Waals surface area contributed by atoms with Gasteiger partial charge in [0.1, 0.15) is 0 Å². The molecule has 0 spiro atoms. The minimum atomic E-state index is 0.0629. The largest absolute Gasteiger partial charge is 0.385 e. The number of anilines is 1. The van der Waals surface area contributed by atoms with Crippen molar-refractivity contribution in [1.29, 1.82) is 0 Å². The standard InChI is InChI=1S/C16H23N3O/c1-19-8-6-12(11-19)10-18-16(20)14-4-5-15-13(9-14)3-2-7-17-15/h4-5,9,12,17H,2-3,6-8,10-11H2,1H3,(H,18,20). The summed E-state index contributed by atoms with van der Waals surface area (Å²) in [4.78, 5) is 14.5. The van der Waals surface area contributed by atoms with E-state index < -0.39 is 0 Å². The first-order valence-corrected chi connectivity index (χ1v) is 7.56. The topological polar surface area (TPSA) is 44.4 Å². The summed E-state index contributed by atoms with van der Waals surface area (Å²) in [7, 11) is 2.14. The number of benzene rings is 1. The summed E-state index contributed by atoms with van der Waals surface area (Å²) in [5, 5.41) is 6.46. The number of rotatable bonds is 3. The third-order valence-corrected chi connectivity index (χ3v) is 4.35. The molecule has 1 unspecified atom stereocenters. The number of fused-ring (bicyclic) bond motifs is 1. The molecule has 0 saturated carbocycles. The van der Waals surface area contributed by atoms with Crippen LogP contribution in [0.4, 0.5) is 5.69 Å². The van der Waals surface area contributed by atoms with Crippen molar-refractivity contribution >= 4 is 11.6 Å². The molecule has 108 valence electrons. The van der Waals surface area contributed by atoms with E-state index in [0.717, 1.165) is 44.6 Å². The van der Waals surface area contributed by atoms with Crippen LogP contribution in [0.5, 0.6) is 0 Å². The van der Waals surface area contributed by atoms with Gasteiger partial charge in [-0.05, 0) is 62.5 Å². The van der Waals surface area contributed by atoms with Crippen molar-refractivity contribution in [2.24, 2.45) is 5.92 Å². The lowest BCUT2D eigenvalue weighted by molar-refractivity contribution is 0.0947. The zero-order valence-corrected chi connectivity index (χ0v) is 12.1. The molecule has 1 atom stereocenters.